The van der Waals surface area contributed by atoms with E-state index in [4.69, 9.17) is 10.6 Å². The summed E-state index contributed by atoms with van der Waals surface area (Å²) in [5.41, 5.74) is 0.176. The van der Waals surface area contributed by atoms with E-state index in [1.54, 1.807) is 31.4 Å². The lowest BCUT2D eigenvalue weighted by molar-refractivity contribution is -0.157. The Morgan fingerprint density at radius 2 is 2.14 bits per heavy atom. The Bertz CT molecular complexity index is 778. The highest BCUT2D eigenvalue weighted by molar-refractivity contribution is 7.90. The number of hydrazine groups is 1. The summed E-state index contributed by atoms with van der Waals surface area (Å²) < 4.78 is 33.7. The van der Waals surface area contributed by atoms with E-state index in [2.05, 4.69) is 11.3 Å². The molecule has 0 aromatic rings. The summed E-state index contributed by atoms with van der Waals surface area (Å²) in [6.07, 6.45) is 13.8. The number of carbonyl (C=O) groups excluding carboxylic acids is 1. The van der Waals surface area contributed by atoms with Crippen LogP contribution in [-0.2, 0) is 19.6 Å². The topological polar surface area (TPSA) is 102 Å². The molecule has 1 fully saturated rings. The number of allylic oxidation sites excluding steroid dienone is 4. The molecule has 2 aliphatic carbocycles. The fraction of sp³-hybridized carbons (Fsp3) is 0.571. The first kappa shape index (κ1) is 23.4. The van der Waals surface area contributed by atoms with Crippen molar-refractivity contribution in [3.63, 3.8) is 0 Å². The van der Waals surface area contributed by atoms with Gasteiger partial charge in [-0.2, -0.15) is 0 Å². The minimum Gasteiger partial charge on any atom is -0.466 e. The van der Waals surface area contributed by atoms with Crippen molar-refractivity contribution in [3.8, 4) is 0 Å². The first-order chi connectivity index (χ1) is 13.8. The van der Waals surface area contributed by atoms with Crippen molar-refractivity contribution in [2.24, 2.45) is 11.3 Å². The number of nitrogens with one attached hydrogen (secondary N) is 1. The molecule has 7 nitrogen and oxygen atoms in total. The Balaban J connectivity index is 1.97. The largest absolute Gasteiger partial charge is 0.466 e. The number of rotatable bonds is 9. The van der Waals surface area contributed by atoms with Crippen molar-refractivity contribution in [2.45, 2.75) is 63.7 Å². The number of carbonyl (C=O) groups is 1. The van der Waals surface area contributed by atoms with Crippen molar-refractivity contribution in [3.05, 3.63) is 48.9 Å². The molecule has 8 heteroatoms. The molecule has 0 saturated heterocycles. The zero-order valence-corrected chi connectivity index (χ0v) is 18.2. The molecule has 1 atom stereocenters. The number of sulfonamides is 1. The standard InChI is InChI=1S/C21H33N3O4S/c1-4-13-21(20(25)28-6-3)14-11-17(12-15-21)23-29(26,27)19-9-7-18(8-10-19)24(22)16-5-2/h4-5,7-9,16-17,19,23H,1,6,10-15,22H2,2-3H3/b16-5-. The molecule has 2 rings (SSSR count). The normalized spacial score (nSPS) is 27.5. The average molecular weight is 424 g/mol. The number of hydrogen-bond donors (Lipinski definition) is 2. The Morgan fingerprint density at radius 3 is 2.66 bits per heavy atom. The molecule has 162 valence electrons. The van der Waals surface area contributed by atoms with Crippen LogP contribution in [0.5, 0.6) is 0 Å². The van der Waals surface area contributed by atoms with E-state index in [0.29, 0.717) is 45.1 Å². The minimum absolute atomic E-state index is 0.180. The summed E-state index contributed by atoms with van der Waals surface area (Å²) >= 11 is 0. The van der Waals surface area contributed by atoms with Crippen molar-refractivity contribution >= 4 is 16.0 Å². The second-order valence-electron chi connectivity index (χ2n) is 7.58. The van der Waals surface area contributed by atoms with Crippen LogP contribution >= 0.6 is 0 Å². The Hall–Kier alpha value is -1.90. The van der Waals surface area contributed by atoms with Crippen LogP contribution in [-0.4, -0.2) is 37.3 Å². The maximum atomic E-state index is 12.8. The van der Waals surface area contributed by atoms with Gasteiger partial charge in [0.1, 0.15) is 0 Å². The number of nitrogens with zero attached hydrogens (tertiary/aromatic N) is 1. The lowest BCUT2D eigenvalue weighted by Gasteiger charge is -2.38. The molecule has 3 N–H and O–H groups in total. The summed E-state index contributed by atoms with van der Waals surface area (Å²) in [7, 11) is -3.52. The lowest BCUT2D eigenvalue weighted by Crippen LogP contribution is -2.46. The van der Waals surface area contributed by atoms with E-state index in [9.17, 15) is 13.2 Å². The molecule has 0 spiro atoms. The maximum absolute atomic E-state index is 12.8. The highest BCUT2D eigenvalue weighted by Crippen LogP contribution is 2.41. The molecule has 0 heterocycles. The predicted molar refractivity (Wildman–Crippen MR) is 115 cm³/mol. The fourth-order valence-corrected chi connectivity index (χ4v) is 5.43. The van der Waals surface area contributed by atoms with Gasteiger partial charge < -0.3 is 4.74 Å². The molecule has 1 saturated carbocycles. The predicted octanol–water partition coefficient (Wildman–Crippen LogP) is 2.90. The molecule has 2 aliphatic rings. The third-order valence-electron chi connectivity index (χ3n) is 5.56. The van der Waals surface area contributed by atoms with Gasteiger partial charge in [0.15, 0.2) is 0 Å². The van der Waals surface area contributed by atoms with Crippen LogP contribution in [0.25, 0.3) is 0 Å². The van der Waals surface area contributed by atoms with Crippen molar-refractivity contribution in [1.29, 1.82) is 0 Å². The molecule has 0 amide bonds. The zero-order valence-electron chi connectivity index (χ0n) is 17.3. The number of hydrogen-bond acceptors (Lipinski definition) is 6. The molecule has 29 heavy (non-hydrogen) atoms. The van der Waals surface area contributed by atoms with Crippen molar-refractivity contribution in [2.75, 3.05) is 6.61 Å². The highest BCUT2D eigenvalue weighted by Gasteiger charge is 2.43. The second kappa shape index (κ2) is 10.2. The van der Waals surface area contributed by atoms with E-state index in [0.717, 1.165) is 5.70 Å². The van der Waals surface area contributed by atoms with E-state index in [1.807, 2.05) is 19.1 Å². The summed E-state index contributed by atoms with van der Waals surface area (Å²) in [6.45, 7) is 7.75. The maximum Gasteiger partial charge on any atom is 0.312 e. The van der Waals surface area contributed by atoms with Gasteiger partial charge in [-0.3, -0.25) is 9.80 Å². The van der Waals surface area contributed by atoms with Gasteiger partial charge in [0.2, 0.25) is 10.0 Å². The van der Waals surface area contributed by atoms with Gasteiger partial charge in [-0.15, -0.1) is 6.58 Å². The van der Waals surface area contributed by atoms with Gasteiger partial charge in [0, 0.05) is 12.2 Å². The third-order valence-corrected chi connectivity index (χ3v) is 7.37. The second-order valence-corrected chi connectivity index (χ2v) is 9.51. The zero-order chi connectivity index (χ0) is 21.5. The van der Waals surface area contributed by atoms with Crippen molar-refractivity contribution in [1.82, 2.24) is 9.73 Å². The van der Waals surface area contributed by atoms with Gasteiger partial charge in [0.25, 0.3) is 0 Å². The molecule has 0 aromatic heterocycles. The van der Waals surface area contributed by atoms with E-state index in [-0.39, 0.29) is 12.0 Å². The molecule has 0 radical (unpaired) electrons. The summed E-state index contributed by atoms with van der Waals surface area (Å²) in [5.74, 6) is 5.67. The smallest absolute Gasteiger partial charge is 0.312 e. The van der Waals surface area contributed by atoms with Crippen LogP contribution in [0.2, 0.25) is 0 Å². The van der Waals surface area contributed by atoms with Crippen LogP contribution < -0.4 is 10.6 Å². The van der Waals surface area contributed by atoms with Crippen LogP contribution in [0.4, 0.5) is 0 Å². The first-order valence-electron chi connectivity index (χ1n) is 10.1. The fourth-order valence-electron chi connectivity index (χ4n) is 3.92. The van der Waals surface area contributed by atoms with Gasteiger partial charge in [0.05, 0.1) is 23.0 Å². The molecule has 1 unspecified atom stereocenters. The summed E-state index contributed by atoms with van der Waals surface area (Å²) in [4.78, 5) is 12.4. The highest BCUT2D eigenvalue weighted by atomic mass is 32.2. The minimum atomic E-state index is -3.52. The Morgan fingerprint density at radius 1 is 1.45 bits per heavy atom. The monoisotopic (exact) mass is 423 g/mol. The van der Waals surface area contributed by atoms with Crippen LogP contribution in [0.1, 0.15) is 52.4 Å². The number of ether oxygens (including phenoxy) is 1. The van der Waals surface area contributed by atoms with Gasteiger partial charge in [-0.05, 0) is 58.4 Å². The molecule has 0 aliphatic heterocycles. The summed E-state index contributed by atoms with van der Waals surface area (Å²) in [6, 6.07) is -0.180. The van der Waals surface area contributed by atoms with Gasteiger partial charge >= 0.3 is 5.97 Å². The van der Waals surface area contributed by atoms with Gasteiger partial charge in [-0.1, -0.05) is 24.3 Å². The third kappa shape index (κ3) is 5.81. The molecule has 0 aromatic carbocycles. The average Bonchev–Trinajstić information content (AvgIpc) is 2.70. The molecular weight excluding hydrogens is 390 g/mol. The number of esters is 1. The first-order valence-corrected chi connectivity index (χ1v) is 11.7. The van der Waals surface area contributed by atoms with E-state index < -0.39 is 20.7 Å². The number of nitrogens with two attached hydrogens (primary N) is 1. The Kier molecular flexibility index (Phi) is 8.24. The van der Waals surface area contributed by atoms with Crippen LogP contribution in [0.15, 0.2) is 48.9 Å². The van der Waals surface area contributed by atoms with Gasteiger partial charge in [-0.25, -0.2) is 19.0 Å². The molecule has 0 bridgehead atoms. The van der Waals surface area contributed by atoms with Crippen molar-refractivity contribution < 1.29 is 17.9 Å². The van der Waals surface area contributed by atoms with E-state index >= 15 is 0 Å². The quantitative estimate of drug-likeness (QED) is 0.256. The van der Waals surface area contributed by atoms with Crippen LogP contribution in [0.3, 0.4) is 0 Å². The Labute approximate surface area is 174 Å². The van der Waals surface area contributed by atoms with Crippen LogP contribution in [0, 0.1) is 5.41 Å². The van der Waals surface area contributed by atoms with E-state index in [1.165, 1.54) is 5.01 Å². The molecular formula is C21H33N3O4S. The summed E-state index contributed by atoms with van der Waals surface area (Å²) in [5, 5.41) is 0.831. The lowest BCUT2D eigenvalue weighted by atomic mass is 9.70. The SMILES string of the molecule is C=CCC1(C(=O)OCC)CCC(NS(=O)(=O)C2C=CC(N(N)/C=C\C)=CC2)CC1.